The lowest BCUT2D eigenvalue weighted by Gasteiger charge is -2.23. The molecule has 0 spiro atoms. The first-order chi connectivity index (χ1) is 4.52. The van der Waals surface area contributed by atoms with Crippen LogP contribution in [0.25, 0.3) is 0 Å². The third kappa shape index (κ3) is 11.7. The van der Waals surface area contributed by atoms with Gasteiger partial charge in [-0.1, -0.05) is 6.58 Å². The van der Waals surface area contributed by atoms with Crippen LogP contribution in [0.2, 0.25) is 0 Å². The highest BCUT2D eigenvalue weighted by Crippen LogP contribution is 1.97. The van der Waals surface area contributed by atoms with E-state index < -0.39 is 0 Å². The first-order valence-corrected chi connectivity index (χ1v) is 3.21. The molecule has 0 heterocycles. The van der Waals surface area contributed by atoms with Crippen molar-refractivity contribution < 1.29 is 26.7 Å². The Morgan fingerprint density at radius 1 is 1.54 bits per heavy atom. The van der Waals surface area contributed by atoms with Crippen molar-refractivity contribution in [3.63, 3.8) is 0 Å². The lowest BCUT2D eigenvalue weighted by atomic mass is 10.6. The summed E-state index contributed by atoms with van der Waals surface area (Å²) in [5.41, 5.74) is 0. The highest BCUT2D eigenvalue weighted by Gasteiger charge is 2.16. The van der Waals surface area contributed by atoms with Gasteiger partial charge in [0.15, 0.2) is 0 Å². The Bertz CT molecular complexity index is 151. The number of hydrogen-bond donors (Lipinski definition) is 1. The molecule has 0 aromatic carbocycles. The van der Waals surface area contributed by atoms with Crippen LogP contribution in [-0.4, -0.2) is 31.3 Å². The van der Waals surface area contributed by atoms with Gasteiger partial charge in [0, 0.05) is 6.08 Å². The molecule has 0 fully saturated rings. The zero-order chi connectivity index (χ0) is 8.20. The van der Waals surface area contributed by atoms with E-state index in [4.69, 9.17) is 4.84 Å². The van der Waals surface area contributed by atoms with Crippen LogP contribution in [0.1, 0.15) is 6.92 Å². The molecular formula is C7H18Cl2N2O2. The zero-order valence-electron chi connectivity index (χ0n) is 8.25. The van der Waals surface area contributed by atoms with Crippen LogP contribution in [-0.2, 0) is 9.63 Å². The molecule has 0 radical (unpaired) electrons. The van der Waals surface area contributed by atoms with E-state index in [1.54, 1.807) is 14.1 Å². The van der Waals surface area contributed by atoms with Crippen LogP contribution in [0.3, 0.4) is 0 Å². The molecule has 0 rings (SSSR count). The van der Waals surface area contributed by atoms with Crippen LogP contribution in [0.5, 0.6) is 0 Å². The maximum absolute atomic E-state index is 10.6. The molecule has 6 heteroatoms. The third-order valence-corrected chi connectivity index (χ3v) is 1.27. The Balaban J connectivity index is -0.000000135. The van der Waals surface area contributed by atoms with Crippen molar-refractivity contribution in [1.82, 2.24) is 6.15 Å². The van der Waals surface area contributed by atoms with Gasteiger partial charge in [-0.3, -0.25) is 4.84 Å². The Labute approximate surface area is 91.9 Å². The van der Waals surface area contributed by atoms with Gasteiger partial charge < -0.3 is 18.6 Å². The van der Waals surface area contributed by atoms with Crippen LogP contribution in [0.15, 0.2) is 12.7 Å². The maximum atomic E-state index is 10.6. The third-order valence-electron chi connectivity index (χ3n) is 1.27. The summed E-state index contributed by atoms with van der Waals surface area (Å²) in [7, 11) is 3.61. The normalized spacial score (nSPS) is 8.23. The predicted octanol–water partition coefficient (Wildman–Crippen LogP) is -1.69. The first kappa shape index (κ1) is 23.0. The largest absolute Gasteiger partial charge is 1.00 e. The molecule has 0 aliphatic carbocycles. The first-order valence-electron chi connectivity index (χ1n) is 3.21. The van der Waals surface area contributed by atoms with Gasteiger partial charge in [0.05, 0.1) is 0 Å². The summed E-state index contributed by atoms with van der Waals surface area (Å²) in [6.07, 6.45) is 1.16. The molecule has 3 N–H and O–H groups in total. The van der Waals surface area contributed by atoms with Crippen molar-refractivity contribution in [3.8, 4) is 0 Å². The fourth-order valence-electron chi connectivity index (χ4n) is 0.345. The SMILES string of the molecule is C=CC(=O)O[N+](C)(C)CC.Cl.N.[Cl-]. The Kier molecular flexibility index (Phi) is 17.3. The lowest BCUT2D eigenvalue weighted by molar-refractivity contribution is -1.06. The number of carbonyl (C=O) groups is 1. The summed E-state index contributed by atoms with van der Waals surface area (Å²) >= 11 is 0. The number of quaternary nitrogens is 1. The predicted molar refractivity (Wildman–Crippen MR) is 51.2 cm³/mol. The highest BCUT2D eigenvalue weighted by atomic mass is 35.5. The minimum absolute atomic E-state index is 0. The van der Waals surface area contributed by atoms with E-state index in [-0.39, 0.29) is 41.6 Å². The summed E-state index contributed by atoms with van der Waals surface area (Å²) in [5.74, 6) is -0.383. The molecule has 0 amide bonds. The monoisotopic (exact) mass is 232 g/mol. The van der Waals surface area contributed by atoms with E-state index in [1.807, 2.05) is 6.92 Å². The fourth-order valence-corrected chi connectivity index (χ4v) is 0.345. The van der Waals surface area contributed by atoms with E-state index in [1.165, 1.54) is 0 Å². The minimum atomic E-state index is -0.383. The molecule has 0 saturated carbocycles. The van der Waals surface area contributed by atoms with Crippen LogP contribution < -0.4 is 18.6 Å². The minimum Gasteiger partial charge on any atom is -1.00 e. The van der Waals surface area contributed by atoms with Crippen LogP contribution in [0.4, 0.5) is 0 Å². The summed E-state index contributed by atoms with van der Waals surface area (Å²) in [5, 5.41) is 0. The number of rotatable bonds is 3. The van der Waals surface area contributed by atoms with Gasteiger partial charge >= 0.3 is 5.97 Å². The van der Waals surface area contributed by atoms with Gasteiger partial charge in [-0.25, -0.2) is 4.79 Å². The standard InChI is InChI=1S/C7H14NO2.2ClH.H3N/c1-5-7(9)10-8(3,4)6-2;;;/h5H,1,6H2,2-4H3;2*1H;1H3/q+1;;;/p-1. The number of halogens is 2. The van der Waals surface area contributed by atoms with Crippen molar-refractivity contribution in [2.45, 2.75) is 6.92 Å². The van der Waals surface area contributed by atoms with Gasteiger partial charge in [0.1, 0.15) is 20.6 Å². The van der Waals surface area contributed by atoms with Gasteiger partial charge in [0.25, 0.3) is 0 Å². The lowest BCUT2D eigenvalue weighted by Crippen LogP contribution is -3.00. The number of carbonyl (C=O) groups excluding carboxylic acids is 1. The molecule has 0 aromatic rings. The molecule has 0 bridgehead atoms. The summed E-state index contributed by atoms with van der Waals surface area (Å²) in [6.45, 7) is 5.98. The van der Waals surface area contributed by atoms with Crippen molar-refractivity contribution >= 4 is 18.4 Å². The Morgan fingerprint density at radius 3 is 2.15 bits per heavy atom. The van der Waals surface area contributed by atoms with Gasteiger partial charge in [0.2, 0.25) is 0 Å². The molecule has 0 atom stereocenters. The zero-order valence-corrected chi connectivity index (χ0v) is 9.82. The molecule has 0 unspecified atom stereocenters. The van der Waals surface area contributed by atoms with E-state index in [0.717, 1.165) is 12.6 Å². The molecule has 4 nitrogen and oxygen atoms in total. The topological polar surface area (TPSA) is 61.3 Å². The average molecular weight is 233 g/mol. The van der Waals surface area contributed by atoms with E-state index in [0.29, 0.717) is 0 Å². The van der Waals surface area contributed by atoms with E-state index in [2.05, 4.69) is 6.58 Å². The Hall–Kier alpha value is -0.290. The second kappa shape index (κ2) is 9.80. The average Bonchev–Trinajstić information content (AvgIpc) is 1.87. The number of hydroxylamine groups is 3. The fraction of sp³-hybridized carbons (Fsp3) is 0.571. The van der Waals surface area contributed by atoms with Gasteiger partial charge in [-0.05, 0) is 6.92 Å². The van der Waals surface area contributed by atoms with Crippen LogP contribution >= 0.6 is 12.4 Å². The second-order valence-electron chi connectivity index (χ2n) is 2.50. The van der Waals surface area contributed by atoms with Crippen LogP contribution in [0, 0.1) is 0 Å². The summed E-state index contributed by atoms with van der Waals surface area (Å²) < 4.78 is 0.241. The molecule has 0 aromatic heterocycles. The van der Waals surface area contributed by atoms with E-state index >= 15 is 0 Å². The summed E-state index contributed by atoms with van der Waals surface area (Å²) in [6, 6.07) is 0. The number of nitrogens with zero attached hydrogens (tertiary/aromatic N) is 1. The van der Waals surface area contributed by atoms with Gasteiger partial charge in [-0.15, -0.1) is 17.1 Å². The molecule has 0 aliphatic rings. The molecule has 82 valence electrons. The van der Waals surface area contributed by atoms with Crippen molar-refractivity contribution in [2.75, 3.05) is 20.6 Å². The van der Waals surface area contributed by atoms with E-state index in [9.17, 15) is 4.79 Å². The second-order valence-corrected chi connectivity index (χ2v) is 2.50. The quantitative estimate of drug-likeness (QED) is 0.359. The maximum Gasteiger partial charge on any atom is 0.389 e. The highest BCUT2D eigenvalue weighted by molar-refractivity contribution is 5.85. The van der Waals surface area contributed by atoms with Crippen molar-refractivity contribution in [2.24, 2.45) is 0 Å². The Morgan fingerprint density at radius 2 is 1.92 bits per heavy atom. The summed E-state index contributed by atoms with van der Waals surface area (Å²) in [4.78, 5) is 15.5. The van der Waals surface area contributed by atoms with Crippen molar-refractivity contribution in [1.29, 1.82) is 0 Å². The molecular weight excluding hydrogens is 215 g/mol. The molecule has 13 heavy (non-hydrogen) atoms. The van der Waals surface area contributed by atoms with Crippen molar-refractivity contribution in [3.05, 3.63) is 12.7 Å². The number of hydrogen-bond acceptors (Lipinski definition) is 3. The molecule has 0 saturated heterocycles. The molecule has 0 aliphatic heterocycles. The smallest absolute Gasteiger partial charge is 0.389 e. The van der Waals surface area contributed by atoms with Gasteiger partial charge in [-0.2, -0.15) is 0 Å².